The third-order valence-corrected chi connectivity index (χ3v) is 10.9. The van der Waals surface area contributed by atoms with Crippen LogP contribution < -0.4 is 5.32 Å². The largest absolute Gasteiger partial charge is 0.315 e. The summed E-state index contributed by atoms with van der Waals surface area (Å²) in [5.74, 6) is 0.285. The number of carbonyl (C=O) groups excluding carboxylic acids is 2. The number of imidazole rings is 1. The Morgan fingerprint density at radius 1 is 0.578 bits per heavy atom. The van der Waals surface area contributed by atoms with E-state index in [0.29, 0.717) is 12.3 Å². The van der Waals surface area contributed by atoms with Gasteiger partial charge in [0.2, 0.25) is 5.91 Å². The molecule has 3 fully saturated rings. The first-order valence-corrected chi connectivity index (χ1v) is 19.5. The van der Waals surface area contributed by atoms with Crippen molar-refractivity contribution in [3.05, 3.63) is 30.6 Å². The Hall–Kier alpha value is -2.17. The number of aromatic nitrogens is 2. The van der Waals surface area contributed by atoms with Crippen LogP contribution in [0, 0.1) is 5.92 Å². The quantitative estimate of drug-likeness (QED) is 0.323. The Labute approximate surface area is 275 Å². The number of nitrogens with one attached hydrogen (secondary N) is 1. The molecule has 0 radical (unpaired) electrons. The second-order valence-electron chi connectivity index (χ2n) is 14.7. The van der Waals surface area contributed by atoms with Crippen LogP contribution in [-0.2, 0) is 15.1 Å². The van der Waals surface area contributed by atoms with Crippen molar-refractivity contribution >= 4 is 22.8 Å². The van der Waals surface area contributed by atoms with Crippen LogP contribution in [0.1, 0.15) is 186 Å². The van der Waals surface area contributed by atoms with Crippen LogP contribution in [0.2, 0.25) is 0 Å². The molecule has 5 rings (SSSR count). The predicted molar refractivity (Wildman–Crippen MR) is 188 cm³/mol. The number of fused-ring (bicyclic) bond motifs is 30. The zero-order valence-electron chi connectivity index (χ0n) is 28.7. The molecule has 1 saturated carbocycles. The second kappa shape index (κ2) is 20.9. The SMILES string of the molecule is O=C1CCCCCCCCCCCCCCCCCCCCCCCCCCCC2CC(n3cnc4ccccc43)(C2)C(=O)N1. The van der Waals surface area contributed by atoms with Crippen molar-refractivity contribution in [2.24, 2.45) is 5.92 Å². The van der Waals surface area contributed by atoms with Crippen LogP contribution in [0.5, 0.6) is 0 Å². The van der Waals surface area contributed by atoms with Crippen molar-refractivity contribution < 1.29 is 9.59 Å². The van der Waals surface area contributed by atoms with Gasteiger partial charge in [0, 0.05) is 6.42 Å². The molecule has 3 aliphatic rings. The lowest BCUT2D eigenvalue weighted by molar-refractivity contribution is -0.142. The number of imide groups is 1. The molecule has 252 valence electrons. The van der Waals surface area contributed by atoms with Gasteiger partial charge in [0.05, 0.1) is 17.4 Å². The Balaban J connectivity index is 1.23. The molecule has 0 atom stereocenters. The summed E-state index contributed by atoms with van der Waals surface area (Å²) in [6, 6.07) is 8.04. The monoisotopic (exact) mass is 620 g/mol. The highest BCUT2D eigenvalue weighted by atomic mass is 16.2. The van der Waals surface area contributed by atoms with Gasteiger partial charge in [-0.1, -0.05) is 173 Å². The fourth-order valence-corrected chi connectivity index (χ4v) is 7.98. The maximum atomic E-state index is 13.7. The van der Waals surface area contributed by atoms with Crippen LogP contribution in [-0.4, -0.2) is 21.4 Å². The smallest absolute Gasteiger partial charge is 0.252 e. The number of benzene rings is 1. The Morgan fingerprint density at radius 2 is 1.00 bits per heavy atom. The third kappa shape index (κ3) is 12.2. The first-order valence-electron chi connectivity index (χ1n) is 19.5. The number of carbonyl (C=O) groups is 2. The number of rotatable bonds is 1. The van der Waals surface area contributed by atoms with Crippen LogP contribution >= 0.6 is 0 Å². The molecule has 2 aliphatic heterocycles. The zero-order chi connectivity index (χ0) is 31.4. The van der Waals surface area contributed by atoms with Crippen molar-refractivity contribution in [1.29, 1.82) is 0 Å². The number of para-hydroxylation sites is 2. The van der Waals surface area contributed by atoms with E-state index >= 15 is 0 Å². The molecule has 0 unspecified atom stereocenters. The average molecular weight is 620 g/mol. The van der Waals surface area contributed by atoms with Crippen molar-refractivity contribution in [2.45, 2.75) is 192 Å². The van der Waals surface area contributed by atoms with Gasteiger partial charge in [0.1, 0.15) is 5.54 Å². The van der Waals surface area contributed by atoms with Crippen LogP contribution in [0.15, 0.2) is 30.6 Å². The molecule has 5 heteroatoms. The Kier molecular flexibility index (Phi) is 16.5. The highest BCUT2D eigenvalue weighted by molar-refractivity contribution is 6.00. The lowest BCUT2D eigenvalue weighted by Gasteiger charge is -2.47. The van der Waals surface area contributed by atoms with Gasteiger partial charge < -0.3 is 4.57 Å². The van der Waals surface area contributed by atoms with E-state index in [0.717, 1.165) is 36.7 Å². The average Bonchev–Trinajstić information content (AvgIpc) is 3.45. The highest BCUT2D eigenvalue weighted by Gasteiger charge is 2.52. The van der Waals surface area contributed by atoms with Gasteiger partial charge in [-0.3, -0.25) is 14.9 Å². The highest BCUT2D eigenvalue weighted by Crippen LogP contribution is 2.48. The molecule has 0 spiro atoms. The number of hydrogen-bond acceptors (Lipinski definition) is 3. The topological polar surface area (TPSA) is 64.0 Å². The third-order valence-electron chi connectivity index (χ3n) is 10.9. The van der Waals surface area contributed by atoms with E-state index < -0.39 is 5.54 Å². The molecule has 1 aromatic heterocycles. The summed E-state index contributed by atoms with van der Waals surface area (Å²) < 4.78 is 2.06. The zero-order valence-corrected chi connectivity index (χ0v) is 28.7. The van der Waals surface area contributed by atoms with E-state index in [9.17, 15) is 9.59 Å². The summed E-state index contributed by atoms with van der Waals surface area (Å²) in [7, 11) is 0. The number of amides is 2. The normalized spacial score (nSPS) is 26.4. The van der Waals surface area contributed by atoms with E-state index in [1.165, 1.54) is 154 Å². The van der Waals surface area contributed by atoms with Gasteiger partial charge >= 0.3 is 0 Å². The predicted octanol–water partition coefficient (Wildman–Crippen LogP) is 11.3. The van der Waals surface area contributed by atoms with E-state index in [1.54, 1.807) is 0 Å². The molecule has 1 N–H and O–H groups in total. The Morgan fingerprint density at radius 3 is 1.49 bits per heavy atom. The van der Waals surface area contributed by atoms with E-state index in [2.05, 4.69) is 14.9 Å². The first kappa shape index (κ1) is 35.7. The molecule has 2 bridgehead atoms. The lowest BCUT2D eigenvalue weighted by Crippen LogP contribution is -2.57. The van der Waals surface area contributed by atoms with E-state index in [1.807, 2.05) is 30.6 Å². The fraction of sp³-hybridized carbons (Fsp3) is 0.775. The van der Waals surface area contributed by atoms with Gasteiger partial charge in [-0.05, 0) is 37.3 Å². The van der Waals surface area contributed by atoms with Crippen LogP contribution in [0.25, 0.3) is 11.0 Å². The minimum atomic E-state index is -0.700. The fourth-order valence-electron chi connectivity index (χ4n) is 7.98. The molecular formula is C40H65N3O2. The second-order valence-corrected chi connectivity index (χ2v) is 14.7. The van der Waals surface area contributed by atoms with Gasteiger partial charge in [-0.25, -0.2) is 4.98 Å². The maximum Gasteiger partial charge on any atom is 0.252 e. The molecule has 5 nitrogen and oxygen atoms in total. The molecule has 3 heterocycles. The molecular weight excluding hydrogens is 554 g/mol. The molecule has 2 aromatic rings. The standard InChI is InChI=1S/C40H65N3O2/c44-38-31-25-23-21-19-17-15-13-11-9-7-5-3-1-2-4-6-8-10-12-14-16-18-20-22-24-28-35-32-40(33-35,39(45)42-38)43-34-41-36-29-26-27-30-37(36)43/h26-27,29-30,34-35H,1-25,28,31-33H2,(H,42,44,45). The minimum Gasteiger partial charge on any atom is -0.315 e. The molecule has 1 aromatic carbocycles. The van der Waals surface area contributed by atoms with Crippen LogP contribution in [0.3, 0.4) is 0 Å². The number of hydrogen-bond donors (Lipinski definition) is 1. The summed E-state index contributed by atoms with van der Waals surface area (Å²) in [6.07, 6.45) is 38.6. The molecule has 2 saturated heterocycles. The van der Waals surface area contributed by atoms with E-state index in [-0.39, 0.29) is 11.8 Å². The summed E-state index contributed by atoms with van der Waals surface area (Å²) in [5, 5.41) is 2.83. The lowest BCUT2D eigenvalue weighted by atomic mass is 9.65. The van der Waals surface area contributed by atoms with Gasteiger partial charge in [0.25, 0.3) is 5.91 Å². The van der Waals surface area contributed by atoms with Crippen molar-refractivity contribution in [1.82, 2.24) is 14.9 Å². The summed E-state index contributed by atoms with van der Waals surface area (Å²) in [5.41, 5.74) is 1.19. The van der Waals surface area contributed by atoms with E-state index in [4.69, 9.17) is 0 Å². The first-order chi connectivity index (χ1) is 22.2. The maximum absolute atomic E-state index is 13.7. The minimum absolute atomic E-state index is 0.117. The summed E-state index contributed by atoms with van der Waals surface area (Å²) >= 11 is 0. The van der Waals surface area contributed by atoms with Crippen molar-refractivity contribution in [3.8, 4) is 0 Å². The molecule has 2 amide bonds. The van der Waals surface area contributed by atoms with Gasteiger partial charge in [0.15, 0.2) is 0 Å². The summed E-state index contributed by atoms with van der Waals surface area (Å²) in [6.45, 7) is 0. The van der Waals surface area contributed by atoms with Gasteiger partial charge in [-0.2, -0.15) is 0 Å². The van der Waals surface area contributed by atoms with Gasteiger partial charge in [-0.15, -0.1) is 0 Å². The Bertz CT molecular complexity index is 1100. The van der Waals surface area contributed by atoms with Crippen molar-refractivity contribution in [2.75, 3.05) is 0 Å². The molecule has 45 heavy (non-hydrogen) atoms. The summed E-state index contributed by atoms with van der Waals surface area (Å²) in [4.78, 5) is 31.2. The van der Waals surface area contributed by atoms with Crippen molar-refractivity contribution in [3.63, 3.8) is 0 Å². The number of nitrogens with zero attached hydrogens (tertiary/aromatic N) is 2. The molecule has 1 aliphatic carbocycles. The van der Waals surface area contributed by atoms with Crippen LogP contribution in [0.4, 0.5) is 0 Å².